The molecule has 1 aromatic carbocycles. The lowest BCUT2D eigenvalue weighted by Crippen LogP contribution is -2.47. The monoisotopic (exact) mass is 507 g/mol. The number of rotatable bonds is 12. The fraction of sp³-hybridized carbons (Fsp3) is 0.600. The van der Waals surface area contributed by atoms with Gasteiger partial charge in [-0.25, -0.2) is 4.79 Å². The number of carbonyl (C=O) groups excluding carboxylic acids is 3. The summed E-state index contributed by atoms with van der Waals surface area (Å²) in [4.78, 5) is 47.3. The van der Waals surface area contributed by atoms with Gasteiger partial charge >= 0.3 is 11.9 Å². The third kappa shape index (κ3) is 9.21. The smallest absolute Gasteiger partial charge is 0.332 e. The second-order valence-electron chi connectivity index (χ2n) is 9.29. The molecular formula is C25H37N3O8. The first-order valence-electron chi connectivity index (χ1n) is 12.1. The molecule has 36 heavy (non-hydrogen) atoms. The lowest BCUT2D eigenvalue weighted by atomic mass is 9.94. The van der Waals surface area contributed by atoms with Gasteiger partial charge in [-0.1, -0.05) is 19.9 Å². The Hall–Kier alpha value is -3.02. The number of hydrogen-bond acceptors (Lipinski definition) is 8. The number of aliphatic hydroxyl groups is 1. The Labute approximate surface area is 210 Å². The van der Waals surface area contributed by atoms with Crippen LogP contribution in [0.4, 0.5) is 5.69 Å². The molecule has 11 nitrogen and oxygen atoms in total. The second kappa shape index (κ2) is 13.9. The molecule has 5 N–H and O–H groups in total. The van der Waals surface area contributed by atoms with E-state index in [1.165, 1.54) is 6.92 Å². The first kappa shape index (κ1) is 29.2. The second-order valence-corrected chi connectivity index (χ2v) is 9.29. The fourth-order valence-corrected chi connectivity index (χ4v) is 4.16. The number of ether oxygens (including phenoxy) is 2. The number of hydrogen-bond donors (Lipinski definition) is 5. The van der Waals surface area contributed by atoms with Gasteiger partial charge in [0.05, 0.1) is 24.8 Å². The average Bonchev–Trinajstić information content (AvgIpc) is 2.80. The van der Waals surface area contributed by atoms with Crippen LogP contribution in [0.1, 0.15) is 51.2 Å². The Morgan fingerprint density at radius 2 is 1.89 bits per heavy atom. The zero-order chi connectivity index (χ0) is 26.8. The van der Waals surface area contributed by atoms with E-state index in [-0.39, 0.29) is 31.4 Å². The molecule has 0 aliphatic carbocycles. The van der Waals surface area contributed by atoms with Crippen molar-refractivity contribution in [2.24, 2.45) is 5.92 Å². The molecule has 0 bridgehead atoms. The zero-order valence-corrected chi connectivity index (χ0v) is 21.2. The number of nitrogens with one attached hydrogen (secondary N) is 3. The summed E-state index contributed by atoms with van der Waals surface area (Å²) in [5.41, 5.74) is 2.01. The number of amides is 2. The van der Waals surface area contributed by atoms with Gasteiger partial charge in [0, 0.05) is 19.0 Å². The molecule has 0 aromatic heterocycles. The van der Waals surface area contributed by atoms with Gasteiger partial charge in [0.15, 0.2) is 6.10 Å². The van der Waals surface area contributed by atoms with E-state index in [4.69, 9.17) is 9.47 Å². The summed E-state index contributed by atoms with van der Waals surface area (Å²) >= 11 is 0. The van der Waals surface area contributed by atoms with Gasteiger partial charge in [0.1, 0.15) is 6.61 Å². The molecule has 1 aromatic rings. The number of carboxylic acids is 1. The van der Waals surface area contributed by atoms with Crippen LogP contribution in [0.15, 0.2) is 18.2 Å². The van der Waals surface area contributed by atoms with E-state index in [0.29, 0.717) is 24.9 Å². The van der Waals surface area contributed by atoms with Crippen molar-refractivity contribution in [3.8, 4) is 0 Å². The average molecular weight is 508 g/mol. The van der Waals surface area contributed by atoms with Crippen LogP contribution < -0.4 is 16.0 Å². The van der Waals surface area contributed by atoms with Crippen molar-refractivity contribution < 1.29 is 38.9 Å². The molecule has 1 heterocycles. The summed E-state index contributed by atoms with van der Waals surface area (Å²) in [6, 6.07) is 4.75. The van der Waals surface area contributed by atoms with E-state index in [2.05, 4.69) is 16.0 Å². The van der Waals surface area contributed by atoms with Crippen LogP contribution in [-0.4, -0.2) is 71.9 Å². The molecule has 2 rings (SSSR count). The molecule has 0 spiro atoms. The molecule has 0 saturated carbocycles. The van der Waals surface area contributed by atoms with Gasteiger partial charge in [0.25, 0.3) is 0 Å². The van der Waals surface area contributed by atoms with Crippen molar-refractivity contribution in [1.82, 2.24) is 10.6 Å². The van der Waals surface area contributed by atoms with E-state index < -0.39 is 42.2 Å². The largest absolute Gasteiger partial charge is 0.479 e. The number of benzene rings is 1. The number of anilines is 1. The van der Waals surface area contributed by atoms with Crippen molar-refractivity contribution in [1.29, 1.82) is 0 Å². The maximum absolute atomic E-state index is 12.4. The third-order valence-electron chi connectivity index (χ3n) is 5.99. The number of aliphatic carboxylic acids is 1. The minimum atomic E-state index is -1.11. The molecule has 4 atom stereocenters. The van der Waals surface area contributed by atoms with Crippen molar-refractivity contribution in [2.75, 3.05) is 18.9 Å². The SMILES string of the molecule is CNC(C(=O)NCC(=O)Nc1ccc(COC(C)=O)c(CCC2CC(O)CC(C(=O)O)O2)c1)C(C)C. The number of carboxylic acid groups (broad SMARTS) is 1. The van der Waals surface area contributed by atoms with E-state index in [1.807, 2.05) is 13.8 Å². The van der Waals surface area contributed by atoms with Gasteiger partial charge in [-0.05, 0) is 55.5 Å². The maximum Gasteiger partial charge on any atom is 0.332 e. The van der Waals surface area contributed by atoms with Crippen LogP contribution >= 0.6 is 0 Å². The molecule has 200 valence electrons. The number of esters is 1. The van der Waals surface area contributed by atoms with Gasteiger partial charge in [0.2, 0.25) is 11.8 Å². The Balaban J connectivity index is 2.06. The van der Waals surface area contributed by atoms with Gasteiger partial charge in [-0.2, -0.15) is 0 Å². The van der Waals surface area contributed by atoms with Gasteiger partial charge < -0.3 is 35.6 Å². The highest BCUT2D eigenvalue weighted by Gasteiger charge is 2.32. The quantitative estimate of drug-likeness (QED) is 0.259. The van der Waals surface area contributed by atoms with E-state index in [9.17, 15) is 29.4 Å². The van der Waals surface area contributed by atoms with Gasteiger partial charge in [-0.3, -0.25) is 14.4 Å². The normalized spacial score (nSPS) is 20.4. The van der Waals surface area contributed by atoms with Crippen molar-refractivity contribution in [3.63, 3.8) is 0 Å². The van der Waals surface area contributed by atoms with Crippen LogP contribution in [0.3, 0.4) is 0 Å². The highest BCUT2D eigenvalue weighted by atomic mass is 16.5. The van der Waals surface area contributed by atoms with E-state index in [1.54, 1.807) is 25.2 Å². The van der Waals surface area contributed by atoms with Crippen LogP contribution in [0.2, 0.25) is 0 Å². The van der Waals surface area contributed by atoms with Crippen molar-refractivity contribution >= 4 is 29.4 Å². The summed E-state index contributed by atoms with van der Waals surface area (Å²) in [6.45, 7) is 4.96. The molecular weight excluding hydrogens is 470 g/mol. The molecule has 1 aliphatic rings. The predicted molar refractivity (Wildman–Crippen MR) is 131 cm³/mol. The standard InChI is InChI=1S/C25H37N3O8/c1-14(2)23(26-4)24(32)27-12-22(31)28-18-7-5-17(13-35-15(3)29)16(9-18)6-8-20-10-19(30)11-21(36-20)25(33)34/h5,7,9,14,19-21,23,26,30H,6,8,10-13H2,1-4H3,(H,27,32)(H,28,31)(H,33,34). The Morgan fingerprint density at radius 1 is 1.17 bits per heavy atom. The predicted octanol–water partition coefficient (Wildman–Crippen LogP) is 0.974. The summed E-state index contributed by atoms with van der Waals surface area (Å²) < 4.78 is 10.7. The molecule has 4 unspecified atom stereocenters. The van der Waals surface area contributed by atoms with Crippen LogP contribution in [0, 0.1) is 5.92 Å². The summed E-state index contributed by atoms with van der Waals surface area (Å²) in [5, 5.41) is 27.6. The van der Waals surface area contributed by atoms with Gasteiger partial charge in [-0.15, -0.1) is 0 Å². The number of likely N-dealkylation sites (N-methyl/N-ethyl adjacent to an activating group) is 1. The van der Waals surface area contributed by atoms with E-state index >= 15 is 0 Å². The lowest BCUT2D eigenvalue weighted by Gasteiger charge is -2.31. The first-order valence-corrected chi connectivity index (χ1v) is 12.1. The number of carbonyl (C=O) groups is 4. The summed E-state index contributed by atoms with van der Waals surface area (Å²) in [7, 11) is 1.68. The molecule has 11 heteroatoms. The van der Waals surface area contributed by atoms with Crippen molar-refractivity contribution in [3.05, 3.63) is 29.3 Å². The van der Waals surface area contributed by atoms with Crippen LogP contribution in [0.5, 0.6) is 0 Å². The Morgan fingerprint density at radius 3 is 2.50 bits per heavy atom. The Bertz CT molecular complexity index is 936. The Kier molecular flexibility index (Phi) is 11.3. The summed E-state index contributed by atoms with van der Waals surface area (Å²) in [5.74, 6) is -2.15. The number of aryl methyl sites for hydroxylation is 1. The zero-order valence-electron chi connectivity index (χ0n) is 21.2. The maximum atomic E-state index is 12.4. The molecule has 2 amide bonds. The lowest BCUT2D eigenvalue weighted by molar-refractivity contribution is -0.166. The topological polar surface area (TPSA) is 163 Å². The van der Waals surface area contributed by atoms with Crippen LogP contribution in [-0.2, 0) is 41.7 Å². The molecule has 0 radical (unpaired) electrons. The highest BCUT2D eigenvalue weighted by Crippen LogP contribution is 2.25. The first-order chi connectivity index (χ1) is 17.0. The number of aliphatic hydroxyl groups excluding tert-OH is 1. The van der Waals surface area contributed by atoms with E-state index in [0.717, 1.165) is 11.1 Å². The molecule has 1 aliphatic heterocycles. The third-order valence-corrected chi connectivity index (χ3v) is 5.99. The summed E-state index contributed by atoms with van der Waals surface area (Å²) in [6.07, 6.45) is -1.02. The van der Waals surface area contributed by atoms with Crippen LogP contribution in [0.25, 0.3) is 0 Å². The highest BCUT2D eigenvalue weighted by molar-refractivity contribution is 5.95. The minimum absolute atomic E-state index is 0.0431. The molecule has 1 fully saturated rings. The molecule has 1 saturated heterocycles. The van der Waals surface area contributed by atoms with Crippen molar-refractivity contribution in [2.45, 2.75) is 77.4 Å². The minimum Gasteiger partial charge on any atom is -0.479 e. The fourth-order valence-electron chi connectivity index (χ4n) is 4.16.